The molecule has 3 aromatic carbocycles. The molecule has 3 heteroatoms. The summed E-state index contributed by atoms with van der Waals surface area (Å²) >= 11 is 0. The molecular weight excluding hydrogens is 348 g/mol. The number of allylic oxidation sites excluding steroid dienone is 2. The number of aliphatic hydroxyl groups is 2. The van der Waals surface area contributed by atoms with Crippen LogP contribution in [0.25, 0.3) is 5.57 Å². The molecule has 2 atom stereocenters. The molecule has 3 nitrogen and oxygen atoms in total. The summed E-state index contributed by atoms with van der Waals surface area (Å²) < 4.78 is 5.55. The smallest absolute Gasteiger partial charge is 0.119 e. The van der Waals surface area contributed by atoms with E-state index in [1.54, 1.807) is 0 Å². The molecule has 0 spiro atoms. The van der Waals surface area contributed by atoms with Crippen molar-refractivity contribution in [3.63, 3.8) is 0 Å². The molecule has 0 aliphatic carbocycles. The van der Waals surface area contributed by atoms with Crippen molar-refractivity contribution < 1.29 is 14.9 Å². The maximum atomic E-state index is 9.46. The first-order valence-corrected chi connectivity index (χ1v) is 9.51. The van der Waals surface area contributed by atoms with Crippen LogP contribution in [0.1, 0.15) is 29.5 Å². The minimum absolute atomic E-state index is 0.0715. The highest BCUT2D eigenvalue weighted by molar-refractivity contribution is 5.75. The standard InChI is InChI=1S/C25H26O3/c1-2-24(19-9-5-3-6-10-19)25(20-11-7-4-8-12-20)21-13-15-23(16-14-21)28-18-22(27)17-26/h2-16,22,25-27H,17-18H2,1H3/b24-2+. The molecule has 0 aliphatic rings. The molecular formula is C25H26O3. The second kappa shape index (κ2) is 9.88. The Morgan fingerprint density at radius 3 is 2.00 bits per heavy atom. The zero-order valence-corrected chi connectivity index (χ0v) is 16.0. The van der Waals surface area contributed by atoms with Crippen LogP contribution in [0.5, 0.6) is 5.75 Å². The third-order valence-electron chi connectivity index (χ3n) is 4.73. The molecule has 0 fully saturated rings. The van der Waals surface area contributed by atoms with Crippen LogP contribution in [0, 0.1) is 0 Å². The Balaban J connectivity index is 1.94. The maximum Gasteiger partial charge on any atom is 0.119 e. The Morgan fingerprint density at radius 1 is 0.857 bits per heavy atom. The van der Waals surface area contributed by atoms with Gasteiger partial charge in [0.1, 0.15) is 18.5 Å². The van der Waals surface area contributed by atoms with Gasteiger partial charge in [0.2, 0.25) is 0 Å². The van der Waals surface area contributed by atoms with Crippen LogP contribution < -0.4 is 4.74 Å². The van der Waals surface area contributed by atoms with E-state index in [0.29, 0.717) is 5.75 Å². The molecule has 2 N–H and O–H groups in total. The highest BCUT2D eigenvalue weighted by Crippen LogP contribution is 2.38. The van der Waals surface area contributed by atoms with E-state index in [-0.39, 0.29) is 19.1 Å². The van der Waals surface area contributed by atoms with Gasteiger partial charge >= 0.3 is 0 Å². The van der Waals surface area contributed by atoms with Crippen LogP contribution in [-0.4, -0.2) is 29.5 Å². The van der Waals surface area contributed by atoms with Gasteiger partial charge in [0.05, 0.1) is 6.61 Å². The molecule has 0 saturated carbocycles. The Morgan fingerprint density at radius 2 is 1.43 bits per heavy atom. The largest absolute Gasteiger partial charge is 0.491 e. The van der Waals surface area contributed by atoms with Gasteiger partial charge in [-0.05, 0) is 41.3 Å². The van der Waals surface area contributed by atoms with Crippen molar-refractivity contribution in [2.45, 2.75) is 18.9 Å². The van der Waals surface area contributed by atoms with Crippen LogP contribution >= 0.6 is 0 Å². The van der Waals surface area contributed by atoms with Gasteiger partial charge in [-0.2, -0.15) is 0 Å². The lowest BCUT2D eigenvalue weighted by molar-refractivity contribution is 0.0536. The molecule has 0 aromatic heterocycles. The summed E-state index contributed by atoms with van der Waals surface area (Å²) in [5.74, 6) is 0.774. The minimum Gasteiger partial charge on any atom is -0.491 e. The normalized spacial score (nSPS) is 13.8. The summed E-state index contributed by atoms with van der Waals surface area (Å²) in [6.45, 7) is 1.84. The van der Waals surface area contributed by atoms with Crippen molar-refractivity contribution in [2.24, 2.45) is 0 Å². The average molecular weight is 374 g/mol. The van der Waals surface area contributed by atoms with Crippen molar-refractivity contribution in [1.82, 2.24) is 0 Å². The van der Waals surface area contributed by atoms with E-state index in [9.17, 15) is 5.11 Å². The summed E-state index contributed by atoms with van der Waals surface area (Å²) in [5, 5.41) is 18.4. The summed E-state index contributed by atoms with van der Waals surface area (Å²) in [7, 11) is 0. The Bertz CT molecular complexity index is 871. The molecule has 144 valence electrons. The van der Waals surface area contributed by atoms with E-state index < -0.39 is 6.10 Å². The zero-order chi connectivity index (χ0) is 19.8. The van der Waals surface area contributed by atoms with Gasteiger partial charge in [-0.3, -0.25) is 0 Å². The third kappa shape index (κ3) is 4.89. The van der Waals surface area contributed by atoms with Crippen molar-refractivity contribution >= 4 is 5.57 Å². The van der Waals surface area contributed by atoms with E-state index in [2.05, 4.69) is 73.7 Å². The first-order chi connectivity index (χ1) is 13.7. The molecule has 0 bridgehead atoms. The Labute approximate surface area is 166 Å². The van der Waals surface area contributed by atoms with Gasteiger partial charge in [-0.25, -0.2) is 0 Å². The van der Waals surface area contributed by atoms with Crippen LogP contribution in [0.3, 0.4) is 0 Å². The second-order valence-corrected chi connectivity index (χ2v) is 6.67. The van der Waals surface area contributed by atoms with Gasteiger partial charge in [0, 0.05) is 5.92 Å². The second-order valence-electron chi connectivity index (χ2n) is 6.67. The topological polar surface area (TPSA) is 49.7 Å². The fraction of sp³-hybridized carbons (Fsp3) is 0.200. The van der Waals surface area contributed by atoms with Gasteiger partial charge in [0.15, 0.2) is 0 Å². The van der Waals surface area contributed by atoms with Gasteiger partial charge in [0.25, 0.3) is 0 Å². The lowest BCUT2D eigenvalue weighted by Crippen LogP contribution is -2.21. The SMILES string of the molecule is C/C=C(\c1ccccc1)C(c1ccccc1)c1ccc(OCC(O)CO)cc1. The quantitative estimate of drug-likeness (QED) is 0.603. The van der Waals surface area contributed by atoms with Crippen molar-refractivity contribution in [2.75, 3.05) is 13.2 Å². The van der Waals surface area contributed by atoms with E-state index in [1.165, 1.54) is 22.3 Å². The Kier molecular flexibility index (Phi) is 7.01. The zero-order valence-electron chi connectivity index (χ0n) is 16.0. The number of hydrogen-bond donors (Lipinski definition) is 2. The van der Waals surface area contributed by atoms with Crippen molar-refractivity contribution in [3.8, 4) is 5.75 Å². The fourth-order valence-electron chi connectivity index (χ4n) is 3.33. The molecule has 0 radical (unpaired) electrons. The monoisotopic (exact) mass is 374 g/mol. The van der Waals surface area contributed by atoms with E-state index in [4.69, 9.17) is 9.84 Å². The van der Waals surface area contributed by atoms with Crippen LogP contribution in [0.15, 0.2) is 91.0 Å². The molecule has 0 amide bonds. The van der Waals surface area contributed by atoms with Gasteiger partial charge < -0.3 is 14.9 Å². The number of benzene rings is 3. The van der Waals surface area contributed by atoms with Crippen molar-refractivity contribution in [3.05, 3.63) is 108 Å². The number of aliphatic hydroxyl groups excluding tert-OH is 2. The highest BCUT2D eigenvalue weighted by atomic mass is 16.5. The first-order valence-electron chi connectivity index (χ1n) is 9.51. The molecule has 0 aliphatic heterocycles. The lowest BCUT2D eigenvalue weighted by atomic mass is 9.81. The Hall–Kier alpha value is -2.88. The molecule has 3 aromatic rings. The molecule has 0 heterocycles. The van der Waals surface area contributed by atoms with Crippen LogP contribution in [0.4, 0.5) is 0 Å². The number of rotatable bonds is 8. The fourth-order valence-corrected chi connectivity index (χ4v) is 3.33. The van der Waals surface area contributed by atoms with Gasteiger partial charge in [-0.15, -0.1) is 0 Å². The molecule has 3 rings (SSSR count). The van der Waals surface area contributed by atoms with Gasteiger partial charge in [-0.1, -0.05) is 78.9 Å². The third-order valence-corrected chi connectivity index (χ3v) is 4.73. The maximum absolute atomic E-state index is 9.46. The molecule has 2 unspecified atom stereocenters. The summed E-state index contributed by atoms with van der Waals surface area (Å²) in [6, 6.07) is 28.8. The van der Waals surface area contributed by atoms with Crippen LogP contribution in [0.2, 0.25) is 0 Å². The summed E-state index contributed by atoms with van der Waals surface area (Å²) in [6.07, 6.45) is 1.30. The van der Waals surface area contributed by atoms with Crippen LogP contribution in [-0.2, 0) is 0 Å². The first kappa shape index (κ1) is 19.9. The average Bonchev–Trinajstić information content (AvgIpc) is 2.77. The summed E-state index contributed by atoms with van der Waals surface area (Å²) in [4.78, 5) is 0. The van der Waals surface area contributed by atoms with Crippen molar-refractivity contribution in [1.29, 1.82) is 0 Å². The molecule has 0 saturated heterocycles. The summed E-state index contributed by atoms with van der Waals surface area (Å²) in [5.41, 5.74) is 4.84. The predicted molar refractivity (Wildman–Crippen MR) is 113 cm³/mol. The number of hydrogen-bond acceptors (Lipinski definition) is 3. The van der Waals surface area contributed by atoms with E-state index in [1.807, 2.05) is 24.3 Å². The lowest BCUT2D eigenvalue weighted by Gasteiger charge is -2.22. The number of ether oxygens (including phenoxy) is 1. The minimum atomic E-state index is -0.871. The molecule has 28 heavy (non-hydrogen) atoms. The predicted octanol–water partition coefficient (Wildman–Crippen LogP) is 4.65. The van der Waals surface area contributed by atoms with E-state index >= 15 is 0 Å². The van der Waals surface area contributed by atoms with E-state index in [0.717, 1.165) is 0 Å². The highest BCUT2D eigenvalue weighted by Gasteiger charge is 2.20.